The molecule has 3 heteroatoms. The van der Waals surface area contributed by atoms with Gasteiger partial charge in [-0.3, -0.25) is 4.90 Å². The van der Waals surface area contributed by atoms with E-state index in [0.717, 1.165) is 12.6 Å². The molecule has 1 N–H and O–H groups in total. The summed E-state index contributed by atoms with van der Waals surface area (Å²) in [4.78, 5) is 2.63. The average Bonchev–Trinajstić information content (AvgIpc) is 2.62. The first-order valence-corrected chi connectivity index (χ1v) is 5.32. The highest BCUT2D eigenvalue weighted by atomic mass is 16.5. The zero-order chi connectivity index (χ0) is 8.89. The number of likely N-dealkylation sites (tertiary alicyclic amines) is 1. The van der Waals surface area contributed by atoms with E-state index < -0.39 is 0 Å². The summed E-state index contributed by atoms with van der Waals surface area (Å²) in [5, 5.41) is 3.36. The van der Waals surface area contributed by atoms with Crippen molar-refractivity contribution < 1.29 is 4.74 Å². The molecule has 13 heavy (non-hydrogen) atoms. The second-order valence-electron chi connectivity index (χ2n) is 5.19. The topological polar surface area (TPSA) is 24.5 Å². The lowest BCUT2D eigenvalue weighted by atomic mass is 9.83. The Hall–Kier alpha value is -0.120. The van der Waals surface area contributed by atoms with Gasteiger partial charge in [0.1, 0.15) is 0 Å². The molecule has 2 atom stereocenters. The van der Waals surface area contributed by atoms with Gasteiger partial charge in [-0.05, 0) is 6.42 Å². The first-order chi connectivity index (χ1) is 6.25. The van der Waals surface area contributed by atoms with E-state index in [1.165, 1.54) is 32.6 Å². The van der Waals surface area contributed by atoms with E-state index in [0.29, 0.717) is 11.5 Å². The standard InChI is InChI=1S/C10H18N2O/c1-10(5-11-6-10)7-12-3-9-2-8(12)4-13-9/h8-9,11H,2-7H2,1H3. The molecule has 0 aromatic carbocycles. The molecular formula is C10H18N2O. The molecule has 0 aliphatic carbocycles. The summed E-state index contributed by atoms with van der Waals surface area (Å²) < 4.78 is 5.59. The minimum atomic E-state index is 0.546. The lowest BCUT2D eigenvalue weighted by Gasteiger charge is -2.44. The second kappa shape index (κ2) is 2.69. The fraction of sp³-hybridized carbons (Fsp3) is 1.00. The van der Waals surface area contributed by atoms with Gasteiger partial charge in [0.2, 0.25) is 0 Å². The van der Waals surface area contributed by atoms with Gasteiger partial charge < -0.3 is 10.1 Å². The molecule has 0 saturated carbocycles. The monoisotopic (exact) mass is 182 g/mol. The van der Waals surface area contributed by atoms with Crippen LogP contribution in [0.1, 0.15) is 13.3 Å². The van der Waals surface area contributed by atoms with Crippen LogP contribution in [0.3, 0.4) is 0 Å². The first kappa shape index (κ1) is 8.21. The number of fused-ring (bicyclic) bond motifs is 2. The minimum Gasteiger partial charge on any atom is -0.375 e. The second-order valence-corrected chi connectivity index (χ2v) is 5.19. The molecule has 3 rings (SSSR count). The first-order valence-electron chi connectivity index (χ1n) is 5.32. The molecule has 3 aliphatic heterocycles. The van der Waals surface area contributed by atoms with Crippen molar-refractivity contribution in [2.75, 3.05) is 32.8 Å². The summed E-state index contributed by atoms with van der Waals surface area (Å²) >= 11 is 0. The van der Waals surface area contributed by atoms with Crippen molar-refractivity contribution in [1.29, 1.82) is 0 Å². The van der Waals surface area contributed by atoms with Gasteiger partial charge in [-0.25, -0.2) is 0 Å². The van der Waals surface area contributed by atoms with Crippen molar-refractivity contribution >= 4 is 0 Å². The van der Waals surface area contributed by atoms with Crippen molar-refractivity contribution in [3.05, 3.63) is 0 Å². The summed E-state index contributed by atoms with van der Waals surface area (Å²) in [5.74, 6) is 0. The predicted molar refractivity (Wildman–Crippen MR) is 50.7 cm³/mol. The molecule has 0 radical (unpaired) electrons. The van der Waals surface area contributed by atoms with Crippen LogP contribution in [0, 0.1) is 5.41 Å². The zero-order valence-electron chi connectivity index (χ0n) is 8.25. The van der Waals surface area contributed by atoms with Gasteiger partial charge in [0.05, 0.1) is 12.7 Å². The molecule has 2 bridgehead atoms. The third kappa shape index (κ3) is 1.30. The van der Waals surface area contributed by atoms with Crippen molar-refractivity contribution in [3.8, 4) is 0 Å². The summed E-state index contributed by atoms with van der Waals surface area (Å²) in [5.41, 5.74) is 0.546. The van der Waals surface area contributed by atoms with Gasteiger partial charge in [0.25, 0.3) is 0 Å². The van der Waals surface area contributed by atoms with E-state index in [9.17, 15) is 0 Å². The SMILES string of the molecule is CC1(CN2CC3CC2CO3)CNC1. The zero-order valence-corrected chi connectivity index (χ0v) is 8.25. The molecule has 2 unspecified atom stereocenters. The lowest BCUT2D eigenvalue weighted by molar-refractivity contribution is 0.00404. The van der Waals surface area contributed by atoms with E-state index in [2.05, 4.69) is 17.1 Å². The third-order valence-electron chi connectivity index (χ3n) is 3.70. The Morgan fingerprint density at radius 2 is 2.38 bits per heavy atom. The molecule has 0 amide bonds. The van der Waals surface area contributed by atoms with Crippen molar-refractivity contribution in [2.45, 2.75) is 25.5 Å². The lowest BCUT2D eigenvalue weighted by Crippen LogP contribution is -2.58. The summed E-state index contributed by atoms with van der Waals surface area (Å²) in [6, 6.07) is 0.738. The van der Waals surface area contributed by atoms with E-state index >= 15 is 0 Å². The Balaban J connectivity index is 1.61. The molecule has 3 aliphatic rings. The normalized spacial score (nSPS) is 42.2. The molecule has 0 spiro atoms. The summed E-state index contributed by atoms with van der Waals surface area (Å²) in [6.45, 7) is 8.21. The molecule has 3 heterocycles. The molecule has 0 aromatic heterocycles. The highest BCUT2D eigenvalue weighted by Gasteiger charge is 2.43. The largest absolute Gasteiger partial charge is 0.375 e. The van der Waals surface area contributed by atoms with Gasteiger partial charge in [-0.1, -0.05) is 6.92 Å². The smallest absolute Gasteiger partial charge is 0.0718 e. The number of ether oxygens (including phenoxy) is 1. The van der Waals surface area contributed by atoms with Crippen LogP contribution in [0.2, 0.25) is 0 Å². The van der Waals surface area contributed by atoms with E-state index in [4.69, 9.17) is 4.74 Å². The Morgan fingerprint density at radius 3 is 2.85 bits per heavy atom. The molecular weight excluding hydrogens is 164 g/mol. The van der Waals surface area contributed by atoms with Crippen LogP contribution < -0.4 is 5.32 Å². The van der Waals surface area contributed by atoms with Crippen LogP contribution in [0.5, 0.6) is 0 Å². The summed E-state index contributed by atoms with van der Waals surface area (Å²) in [7, 11) is 0. The van der Waals surface area contributed by atoms with Gasteiger partial charge in [-0.15, -0.1) is 0 Å². The number of hydrogen-bond donors (Lipinski definition) is 1. The van der Waals surface area contributed by atoms with Crippen LogP contribution >= 0.6 is 0 Å². The molecule has 0 aromatic rings. The average molecular weight is 182 g/mol. The fourth-order valence-electron chi connectivity index (χ4n) is 2.83. The Morgan fingerprint density at radius 1 is 1.54 bits per heavy atom. The van der Waals surface area contributed by atoms with Crippen molar-refractivity contribution in [2.24, 2.45) is 5.41 Å². The molecule has 3 fully saturated rings. The van der Waals surface area contributed by atoms with E-state index in [1.807, 2.05) is 0 Å². The van der Waals surface area contributed by atoms with Crippen LogP contribution in [0.15, 0.2) is 0 Å². The maximum atomic E-state index is 5.59. The van der Waals surface area contributed by atoms with Gasteiger partial charge in [-0.2, -0.15) is 0 Å². The summed E-state index contributed by atoms with van der Waals surface area (Å²) in [6.07, 6.45) is 1.84. The highest BCUT2D eigenvalue weighted by molar-refractivity contribution is 4.97. The number of nitrogens with zero attached hydrogens (tertiary/aromatic N) is 1. The molecule has 3 nitrogen and oxygen atoms in total. The van der Waals surface area contributed by atoms with Crippen LogP contribution in [0.25, 0.3) is 0 Å². The van der Waals surface area contributed by atoms with Gasteiger partial charge >= 0.3 is 0 Å². The highest BCUT2D eigenvalue weighted by Crippen LogP contribution is 2.32. The van der Waals surface area contributed by atoms with Crippen LogP contribution in [0.4, 0.5) is 0 Å². The fourth-order valence-corrected chi connectivity index (χ4v) is 2.83. The van der Waals surface area contributed by atoms with E-state index in [-0.39, 0.29) is 0 Å². The van der Waals surface area contributed by atoms with Crippen molar-refractivity contribution in [3.63, 3.8) is 0 Å². The van der Waals surface area contributed by atoms with Crippen molar-refractivity contribution in [1.82, 2.24) is 10.2 Å². The number of nitrogens with one attached hydrogen (secondary N) is 1. The quantitative estimate of drug-likeness (QED) is 0.654. The third-order valence-corrected chi connectivity index (χ3v) is 3.70. The number of rotatable bonds is 2. The maximum absolute atomic E-state index is 5.59. The molecule has 3 saturated heterocycles. The Bertz CT molecular complexity index is 215. The van der Waals surface area contributed by atoms with Crippen LogP contribution in [-0.2, 0) is 4.74 Å². The number of morpholine rings is 1. The minimum absolute atomic E-state index is 0.546. The Labute approximate surface area is 79.4 Å². The van der Waals surface area contributed by atoms with Gasteiger partial charge in [0, 0.05) is 37.6 Å². The maximum Gasteiger partial charge on any atom is 0.0718 e. The predicted octanol–water partition coefficient (Wildman–Crippen LogP) is 0.0690. The molecule has 74 valence electrons. The van der Waals surface area contributed by atoms with Gasteiger partial charge in [0.15, 0.2) is 0 Å². The Kier molecular flexibility index (Phi) is 1.70. The van der Waals surface area contributed by atoms with E-state index in [1.54, 1.807) is 0 Å². The number of hydrogen-bond acceptors (Lipinski definition) is 3. The van der Waals surface area contributed by atoms with Crippen LogP contribution in [-0.4, -0.2) is 49.8 Å².